The van der Waals surface area contributed by atoms with Crippen LogP contribution < -0.4 is 10.1 Å². The zero-order chi connectivity index (χ0) is 16.3. The normalized spacial score (nSPS) is 23.1. The van der Waals surface area contributed by atoms with Crippen molar-refractivity contribution in [3.63, 3.8) is 0 Å². The average molecular weight is 317 g/mol. The van der Waals surface area contributed by atoms with Crippen molar-refractivity contribution in [2.75, 3.05) is 0 Å². The summed E-state index contributed by atoms with van der Waals surface area (Å²) in [5, 5.41) is 12.5. The first-order valence-electron chi connectivity index (χ1n) is 7.10. The van der Waals surface area contributed by atoms with E-state index in [1.54, 1.807) is 6.92 Å². The van der Waals surface area contributed by atoms with E-state index < -0.39 is 18.4 Å². The molecule has 1 aromatic rings. The number of nitrogens with one attached hydrogen (secondary N) is 1. The summed E-state index contributed by atoms with van der Waals surface area (Å²) in [6, 6.07) is 4.99. The number of hydrogen-bond acceptors (Lipinski definition) is 3. The van der Waals surface area contributed by atoms with Crippen molar-refractivity contribution >= 4 is 5.91 Å². The zero-order valence-corrected chi connectivity index (χ0v) is 12.1. The molecule has 0 aliphatic heterocycles. The fourth-order valence-electron chi connectivity index (χ4n) is 2.61. The number of aliphatic hydroxyl groups excluding tert-OH is 1. The smallest absolute Gasteiger partial charge is 0.406 e. The summed E-state index contributed by atoms with van der Waals surface area (Å²) in [6.45, 7) is 1.73. The molecule has 22 heavy (non-hydrogen) atoms. The van der Waals surface area contributed by atoms with Crippen LogP contribution in [0.25, 0.3) is 0 Å². The second-order valence-electron chi connectivity index (χ2n) is 5.45. The maximum atomic E-state index is 12.1. The second kappa shape index (κ2) is 6.56. The van der Waals surface area contributed by atoms with E-state index in [1.807, 2.05) is 0 Å². The molecule has 0 saturated heterocycles. The van der Waals surface area contributed by atoms with E-state index in [1.165, 1.54) is 24.3 Å². The van der Waals surface area contributed by atoms with E-state index in [-0.39, 0.29) is 17.7 Å². The molecule has 1 fully saturated rings. The van der Waals surface area contributed by atoms with Crippen molar-refractivity contribution in [3.8, 4) is 5.75 Å². The van der Waals surface area contributed by atoms with E-state index >= 15 is 0 Å². The number of amides is 1. The van der Waals surface area contributed by atoms with Gasteiger partial charge in [0, 0.05) is 0 Å². The van der Waals surface area contributed by atoms with Crippen LogP contribution in [-0.2, 0) is 4.79 Å². The molecule has 0 bridgehead atoms. The maximum absolute atomic E-state index is 12.1. The van der Waals surface area contributed by atoms with Gasteiger partial charge in [-0.25, -0.2) is 0 Å². The number of aliphatic hydroxyl groups is 1. The molecule has 2 N–H and O–H groups in total. The predicted octanol–water partition coefficient (Wildman–Crippen LogP) is 2.92. The molecule has 0 radical (unpaired) electrons. The summed E-state index contributed by atoms with van der Waals surface area (Å²) < 4.78 is 40.0. The largest absolute Gasteiger partial charge is 0.573 e. The molecule has 0 aromatic heterocycles. The lowest BCUT2D eigenvalue weighted by molar-refractivity contribution is -0.274. The number of carbonyl (C=O) groups is 1. The molecule has 1 amide bonds. The van der Waals surface area contributed by atoms with Gasteiger partial charge < -0.3 is 15.2 Å². The van der Waals surface area contributed by atoms with E-state index in [9.17, 15) is 23.1 Å². The Morgan fingerprint density at radius 3 is 2.45 bits per heavy atom. The van der Waals surface area contributed by atoms with Gasteiger partial charge in [0.15, 0.2) is 0 Å². The third-order valence-corrected chi connectivity index (χ3v) is 3.79. The van der Waals surface area contributed by atoms with Gasteiger partial charge in [0.1, 0.15) is 5.75 Å². The molecule has 1 aliphatic carbocycles. The summed E-state index contributed by atoms with van der Waals surface area (Å²) in [7, 11) is 0. The lowest BCUT2D eigenvalue weighted by Crippen LogP contribution is -2.36. The van der Waals surface area contributed by atoms with E-state index in [0.717, 1.165) is 6.42 Å². The highest BCUT2D eigenvalue weighted by molar-refractivity contribution is 5.80. The van der Waals surface area contributed by atoms with Crippen LogP contribution >= 0.6 is 0 Å². The molecule has 1 aliphatic rings. The summed E-state index contributed by atoms with van der Waals surface area (Å²) in [6.07, 6.45) is -3.25. The quantitative estimate of drug-likeness (QED) is 0.898. The number of ether oxygens (including phenoxy) is 1. The summed E-state index contributed by atoms with van der Waals surface area (Å²) in [5.41, 5.74) is 0.662. The van der Waals surface area contributed by atoms with E-state index in [2.05, 4.69) is 10.1 Å². The van der Waals surface area contributed by atoms with E-state index in [0.29, 0.717) is 18.4 Å². The molecule has 1 saturated carbocycles. The van der Waals surface area contributed by atoms with Crippen LogP contribution in [0.15, 0.2) is 24.3 Å². The van der Waals surface area contributed by atoms with Gasteiger partial charge >= 0.3 is 6.36 Å². The maximum Gasteiger partial charge on any atom is 0.573 e. The lowest BCUT2D eigenvalue weighted by atomic mass is 10.0. The Morgan fingerprint density at radius 2 is 1.95 bits per heavy atom. The number of hydrogen-bond donors (Lipinski definition) is 2. The molecule has 3 atom stereocenters. The van der Waals surface area contributed by atoms with Crippen LogP contribution in [0, 0.1) is 5.92 Å². The van der Waals surface area contributed by atoms with Gasteiger partial charge in [-0.05, 0) is 43.9 Å². The minimum Gasteiger partial charge on any atom is -0.406 e. The van der Waals surface area contributed by atoms with Crippen molar-refractivity contribution in [1.29, 1.82) is 0 Å². The van der Waals surface area contributed by atoms with Crippen LogP contribution in [0.2, 0.25) is 0 Å². The Labute approximate surface area is 126 Å². The van der Waals surface area contributed by atoms with Crippen molar-refractivity contribution in [2.45, 2.75) is 44.7 Å². The SMILES string of the molecule is CC(NC(=O)C1CCCC1O)c1ccc(OC(F)(F)F)cc1. The Bertz CT molecular complexity index is 516. The molecule has 0 spiro atoms. The summed E-state index contributed by atoms with van der Waals surface area (Å²) >= 11 is 0. The average Bonchev–Trinajstić information content (AvgIpc) is 2.84. The third kappa shape index (κ3) is 4.37. The third-order valence-electron chi connectivity index (χ3n) is 3.79. The number of alkyl halides is 3. The van der Waals surface area contributed by atoms with Crippen molar-refractivity contribution in [3.05, 3.63) is 29.8 Å². The van der Waals surface area contributed by atoms with Crippen LogP contribution in [0.3, 0.4) is 0 Å². The first kappa shape index (κ1) is 16.6. The minimum atomic E-state index is -4.72. The van der Waals surface area contributed by atoms with Crippen molar-refractivity contribution < 1.29 is 27.8 Å². The van der Waals surface area contributed by atoms with Gasteiger partial charge in [0.05, 0.1) is 18.1 Å². The fourth-order valence-corrected chi connectivity index (χ4v) is 2.61. The molecule has 3 unspecified atom stereocenters. The summed E-state index contributed by atoms with van der Waals surface area (Å²) in [5.74, 6) is -0.940. The first-order valence-corrected chi connectivity index (χ1v) is 7.10. The van der Waals surface area contributed by atoms with Gasteiger partial charge in [-0.15, -0.1) is 13.2 Å². The van der Waals surface area contributed by atoms with Gasteiger partial charge in [0.2, 0.25) is 5.91 Å². The van der Waals surface area contributed by atoms with Crippen LogP contribution in [0.1, 0.15) is 37.8 Å². The number of carbonyl (C=O) groups excluding carboxylic acids is 1. The Kier molecular flexibility index (Phi) is 4.95. The number of halogens is 3. The Morgan fingerprint density at radius 1 is 1.32 bits per heavy atom. The highest BCUT2D eigenvalue weighted by atomic mass is 19.4. The fraction of sp³-hybridized carbons (Fsp3) is 0.533. The molecule has 1 aromatic carbocycles. The second-order valence-corrected chi connectivity index (χ2v) is 5.45. The highest BCUT2D eigenvalue weighted by Gasteiger charge is 2.32. The van der Waals surface area contributed by atoms with E-state index in [4.69, 9.17) is 0 Å². The van der Waals surface area contributed by atoms with Crippen LogP contribution in [0.5, 0.6) is 5.75 Å². The molecule has 7 heteroatoms. The van der Waals surface area contributed by atoms with Gasteiger partial charge in [0.25, 0.3) is 0 Å². The monoisotopic (exact) mass is 317 g/mol. The topological polar surface area (TPSA) is 58.6 Å². The highest BCUT2D eigenvalue weighted by Crippen LogP contribution is 2.27. The van der Waals surface area contributed by atoms with Crippen LogP contribution in [0.4, 0.5) is 13.2 Å². The standard InChI is InChI=1S/C15H18F3NO3/c1-9(19-14(21)12-3-2-4-13(12)20)10-5-7-11(8-6-10)22-15(16,17)18/h5-9,12-13,20H,2-4H2,1H3,(H,19,21). The molecule has 4 nitrogen and oxygen atoms in total. The molecule has 2 rings (SSSR count). The van der Waals surface area contributed by atoms with Crippen molar-refractivity contribution in [1.82, 2.24) is 5.32 Å². The lowest BCUT2D eigenvalue weighted by Gasteiger charge is -2.19. The molecular formula is C15H18F3NO3. The Hall–Kier alpha value is -1.76. The van der Waals surface area contributed by atoms with Crippen LogP contribution in [-0.4, -0.2) is 23.5 Å². The van der Waals surface area contributed by atoms with Gasteiger partial charge in [-0.1, -0.05) is 12.1 Å². The van der Waals surface area contributed by atoms with Gasteiger partial charge in [-0.3, -0.25) is 4.79 Å². The summed E-state index contributed by atoms with van der Waals surface area (Å²) in [4.78, 5) is 12.0. The number of benzene rings is 1. The van der Waals surface area contributed by atoms with Crippen molar-refractivity contribution in [2.24, 2.45) is 5.92 Å². The Balaban J connectivity index is 1.95. The molecule has 0 heterocycles. The molecule has 122 valence electrons. The zero-order valence-electron chi connectivity index (χ0n) is 12.1. The minimum absolute atomic E-state index is 0.229. The first-order chi connectivity index (χ1) is 10.3. The number of rotatable bonds is 4. The predicted molar refractivity (Wildman–Crippen MR) is 73.0 cm³/mol. The molecular weight excluding hydrogens is 299 g/mol. The van der Waals surface area contributed by atoms with Gasteiger partial charge in [-0.2, -0.15) is 0 Å².